The largest absolute Gasteiger partial charge is 0.454 e. The number of aryl methyl sites for hydroxylation is 2. The maximum atomic E-state index is 12.1. The lowest BCUT2D eigenvalue weighted by Gasteiger charge is -2.12. The van der Waals surface area contributed by atoms with E-state index in [-0.39, 0.29) is 25.0 Å². The zero-order valence-corrected chi connectivity index (χ0v) is 20.4. The van der Waals surface area contributed by atoms with Crippen molar-refractivity contribution in [1.82, 2.24) is 24.9 Å². The predicted molar refractivity (Wildman–Crippen MR) is 139 cm³/mol. The standard InChI is InChI=1S/C28H24N6O4/c35-25-13-18(27(36)33-25)11-19-14-29-34-26(19)31-24(32-28(34)30-20-7-8-20)10-6-16-3-1-2-4-21(16)17-5-9-22-23(12-17)38-15-37-22/h1-5,9,11-12,14,20H,6-8,10,13,15H2,(H,30,31,32)(H,33,35,36)/b18-11+. The van der Waals surface area contributed by atoms with Gasteiger partial charge in [0.2, 0.25) is 18.6 Å². The summed E-state index contributed by atoms with van der Waals surface area (Å²) in [6.45, 7) is 0.242. The van der Waals surface area contributed by atoms with E-state index in [1.54, 1.807) is 16.8 Å². The van der Waals surface area contributed by atoms with Gasteiger partial charge in [-0.2, -0.15) is 14.6 Å². The lowest BCUT2D eigenvalue weighted by Crippen LogP contribution is -2.19. The maximum absolute atomic E-state index is 12.1. The van der Waals surface area contributed by atoms with Gasteiger partial charge in [0.15, 0.2) is 17.1 Å². The van der Waals surface area contributed by atoms with Crippen molar-refractivity contribution in [3.8, 4) is 22.6 Å². The Morgan fingerprint density at radius 1 is 1.05 bits per heavy atom. The first-order valence-electron chi connectivity index (χ1n) is 12.6. The van der Waals surface area contributed by atoms with Gasteiger partial charge in [-0.3, -0.25) is 14.9 Å². The summed E-state index contributed by atoms with van der Waals surface area (Å²) in [4.78, 5) is 33.4. The zero-order chi connectivity index (χ0) is 25.6. The van der Waals surface area contributed by atoms with Crippen molar-refractivity contribution in [2.75, 3.05) is 12.1 Å². The third-order valence-corrected chi connectivity index (χ3v) is 6.90. The summed E-state index contributed by atoms with van der Waals surface area (Å²) in [6, 6.07) is 14.6. The Labute approximate surface area is 217 Å². The Kier molecular flexibility index (Phi) is 5.31. The molecule has 2 N–H and O–H groups in total. The smallest absolute Gasteiger partial charge is 0.254 e. The van der Waals surface area contributed by atoms with Crippen molar-refractivity contribution in [1.29, 1.82) is 0 Å². The van der Waals surface area contributed by atoms with Gasteiger partial charge in [-0.1, -0.05) is 30.3 Å². The molecule has 1 saturated heterocycles. The Bertz CT molecular complexity index is 1640. The monoisotopic (exact) mass is 508 g/mol. The number of carbonyl (C=O) groups is 2. The van der Waals surface area contributed by atoms with E-state index in [1.807, 2.05) is 30.3 Å². The summed E-state index contributed by atoms with van der Waals surface area (Å²) in [5, 5.41) is 10.2. The third kappa shape index (κ3) is 4.23. The Morgan fingerprint density at radius 2 is 1.92 bits per heavy atom. The van der Waals surface area contributed by atoms with Crippen LogP contribution in [-0.4, -0.2) is 44.2 Å². The van der Waals surface area contributed by atoms with Crippen LogP contribution in [0, 0.1) is 0 Å². The molecule has 4 heterocycles. The number of hydrogen-bond acceptors (Lipinski definition) is 8. The molecular weight excluding hydrogens is 484 g/mol. The Hall–Kier alpha value is -4.73. The number of fused-ring (bicyclic) bond motifs is 2. The van der Waals surface area contributed by atoms with Crippen LogP contribution in [0.25, 0.3) is 22.9 Å². The van der Waals surface area contributed by atoms with Crippen LogP contribution in [0.1, 0.15) is 36.2 Å². The first-order valence-corrected chi connectivity index (χ1v) is 12.6. The van der Waals surface area contributed by atoms with E-state index in [0.29, 0.717) is 41.0 Å². The van der Waals surface area contributed by atoms with Crippen molar-refractivity contribution < 1.29 is 19.1 Å². The first-order chi connectivity index (χ1) is 18.6. The second-order valence-corrected chi connectivity index (χ2v) is 9.67. The Balaban J connectivity index is 1.21. The molecule has 190 valence electrons. The van der Waals surface area contributed by atoms with Gasteiger partial charge in [0, 0.05) is 23.6 Å². The predicted octanol–water partition coefficient (Wildman–Crippen LogP) is 3.31. The number of amides is 2. The minimum absolute atomic E-state index is 0.0535. The van der Waals surface area contributed by atoms with Crippen molar-refractivity contribution in [2.24, 2.45) is 0 Å². The molecule has 10 nitrogen and oxygen atoms in total. The average molecular weight is 509 g/mol. The molecule has 10 heteroatoms. The number of ether oxygens (including phenoxy) is 2. The first kappa shape index (κ1) is 22.5. The van der Waals surface area contributed by atoms with Crippen molar-refractivity contribution in [3.63, 3.8) is 0 Å². The number of aromatic nitrogens is 4. The Morgan fingerprint density at radius 3 is 2.76 bits per heavy atom. The molecule has 0 spiro atoms. The molecule has 0 radical (unpaired) electrons. The fourth-order valence-corrected chi connectivity index (χ4v) is 4.79. The zero-order valence-electron chi connectivity index (χ0n) is 20.4. The second kappa shape index (κ2) is 8.98. The molecule has 7 rings (SSSR count). The molecule has 0 bridgehead atoms. The van der Waals surface area contributed by atoms with E-state index < -0.39 is 0 Å². The van der Waals surface area contributed by atoms with Crippen LogP contribution < -0.4 is 20.1 Å². The summed E-state index contributed by atoms with van der Waals surface area (Å²) >= 11 is 0. The maximum Gasteiger partial charge on any atom is 0.254 e. The number of benzene rings is 2. The number of rotatable bonds is 7. The SMILES string of the molecule is O=C1C/C(=C\c2cnn3c(NC4CC4)nc(CCc4ccccc4-c4ccc5c(c4)OCO5)nc23)C(=O)N1. The fourth-order valence-electron chi connectivity index (χ4n) is 4.79. The molecule has 0 unspecified atom stereocenters. The summed E-state index contributed by atoms with van der Waals surface area (Å²) in [7, 11) is 0. The molecule has 2 amide bonds. The van der Waals surface area contributed by atoms with Gasteiger partial charge in [-0.15, -0.1) is 0 Å². The van der Waals surface area contributed by atoms with Crippen LogP contribution in [0.5, 0.6) is 11.5 Å². The van der Waals surface area contributed by atoms with Gasteiger partial charge in [0.1, 0.15) is 5.82 Å². The molecule has 2 aromatic heterocycles. The number of nitrogens with one attached hydrogen (secondary N) is 2. The van der Waals surface area contributed by atoms with E-state index in [0.717, 1.165) is 41.9 Å². The van der Waals surface area contributed by atoms with E-state index in [2.05, 4.69) is 27.9 Å². The van der Waals surface area contributed by atoms with Crippen LogP contribution in [0.3, 0.4) is 0 Å². The normalized spacial score (nSPS) is 17.4. The molecule has 3 aliphatic rings. The van der Waals surface area contributed by atoms with Gasteiger partial charge in [-0.25, -0.2) is 4.98 Å². The van der Waals surface area contributed by atoms with Gasteiger partial charge in [-0.05, 0) is 54.2 Å². The quantitative estimate of drug-likeness (QED) is 0.288. The number of anilines is 1. The lowest BCUT2D eigenvalue weighted by atomic mass is 9.96. The summed E-state index contributed by atoms with van der Waals surface area (Å²) in [5.74, 6) is 2.14. The van der Waals surface area contributed by atoms with Crippen molar-refractivity contribution >= 4 is 29.5 Å². The second-order valence-electron chi connectivity index (χ2n) is 9.67. The number of nitrogens with zero attached hydrogens (tertiary/aromatic N) is 4. The molecule has 2 fully saturated rings. The molecule has 4 aromatic rings. The van der Waals surface area contributed by atoms with Crippen molar-refractivity contribution in [2.45, 2.75) is 38.1 Å². The van der Waals surface area contributed by atoms with Crippen LogP contribution in [0.15, 0.2) is 54.2 Å². The number of imide groups is 1. The molecule has 2 aliphatic heterocycles. The van der Waals surface area contributed by atoms with Gasteiger partial charge in [0.05, 0.1) is 12.6 Å². The van der Waals surface area contributed by atoms with Gasteiger partial charge in [0.25, 0.3) is 5.91 Å². The van der Waals surface area contributed by atoms with Crippen LogP contribution >= 0.6 is 0 Å². The van der Waals surface area contributed by atoms with Crippen LogP contribution in [-0.2, 0) is 22.4 Å². The van der Waals surface area contributed by atoms with Gasteiger partial charge >= 0.3 is 0 Å². The summed E-state index contributed by atoms with van der Waals surface area (Å²) in [6.07, 6.45) is 6.91. The fraction of sp³-hybridized carbons (Fsp3) is 0.250. The van der Waals surface area contributed by atoms with E-state index in [9.17, 15) is 9.59 Å². The molecular formula is C28H24N6O4. The van der Waals surface area contributed by atoms with E-state index in [4.69, 9.17) is 19.4 Å². The van der Waals surface area contributed by atoms with E-state index in [1.165, 1.54) is 5.56 Å². The molecule has 1 saturated carbocycles. The molecule has 2 aromatic carbocycles. The summed E-state index contributed by atoms with van der Waals surface area (Å²) < 4.78 is 12.7. The van der Waals surface area contributed by atoms with Gasteiger partial charge < -0.3 is 14.8 Å². The highest BCUT2D eigenvalue weighted by atomic mass is 16.7. The minimum Gasteiger partial charge on any atom is -0.454 e. The van der Waals surface area contributed by atoms with Crippen LogP contribution in [0.4, 0.5) is 5.95 Å². The molecule has 1 aliphatic carbocycles. The highest BCUT2D eigenvalue weighted by Gasteiger charge is 2.26. The highest BCUT2D eigenvalue weighted by Crippen LogP contribution is 2.37. The lowest BCUT2D eigenvalue weighted by molar-refractivity contribution is -0.124. The highest BCUT2D eigenvalue weighted by molar-refractivity contribution is 6.15. The topological polar surface area (TPSA) is 120 Å². The molecule has 0 atom stereocenters. The molecule has 38 heavy (non-hydrogen) atoms. The number of carbonyl (C=O) groups excluding carboxylic acids is 2. The number of hydrogen-bond donors (Lipinski definition) is 2. The summed E-state index contributed by atoms with van der Waals surface area (Å²) in [5.41, 5.74) is 5.03. The van der Waals surface area contributed by atoms with E-state index >= 15 is 0 Å². The average Bonchev–Trinajstić information content (AvgIpc) is 3.30. The van der Waals surface area contributed by atoms with Crippen LogP contribution in [0.2, 0.25) is 0 Å². The van der Waals surface area contributed by atoms with Crippen molar-refractivity contribution in [3.05, 3.63) is 71.2 Å². The minimum atomic E-state index is -0.375. The third-order valence-electron chi connectivity index (χ3n) is 6.90.